The van der Waals surface area contributed by atoms with Crippen LogP contribution in [0.5, 0.6) is 5.75 Å². The fraction of sp³-hybridized carbons (Fsp3) is 0.192. The van der Waals surface area contributed by atoms with Gasteiger partial charge < -0.3 is 15.4 Å². The van der Waals surface area contributed by atoms with Gasteiger partial charge in [0.05, 0.1) is 28.7 Å². The smallest absolute Gasteiger partial charge is 0.142 e. The molecule has 0 fully saturated rings. The van der Waals surface area contributed by atoms with E-state index in [-0.39, 0.29) is 0 Å². The van der Waals surface area contributed by atoms with Crippen molar-refractivity contribution >= 4 is 39.8 Å². The Bertz CT molecular complexity index is 1330. The number of aryl methyl sites for hydroxylation is 1. The molecule has 0 spiro atoms. The predicted molar refractivity (Wildman–Crippen MR) is 134 cm³/mol. The molecule has 4 aromatic rings. The number of hydrogen-bond donors (Lipinski definition) is 1. The van der Waals surface area contributed by atoms with E-state index >= 15 is 0 Å². The summed E-state index contributed by atoms with van der Waals surface area (Å²) in [6, 6.07) is 20.4. The van der Waals surface area contributed by atoms with Crippen molar-refractivity contribution < 1.29 is 4.74 Å². The molecular formula is C26H24ClN5O. The Hall–Kier alpha value is -3.82. The minimum Gasteiger partial charge on any atom is -0.491 e. The molecule has 166 valence electrons. The maximum absolute atomic E-state index is 9.67. The average molecular weight is 458 g/mol. The van der Waals surface area contributed by atoms with E-state index in [0.717, 1.165) is 45.5 Å². The number of fused-ring (bicyclic) bond motifs is 1. The second-order valence-electron chi connectivity index (χ2n) is 7.59. The molecular weight excluding hydrogens is 434 g/mol. The molecule has 2 N–H and O–H groups in total. The highest BCUT2D eigenvalue weighted by molar-refractivity contribution is 6.18. The molecule has 3 aromatic carbocycles. The summed E-state index contributed by atoms with van der Waals surface area (Å²) in [6.07, 6.45) is 2.32. The Morgan fingerprint density at radius 3 is 2.48 bits per heavy atom. The van der Waals surface area contributed by atoms with Crippen molar-refractivity contribution in [1.29, 1.82) is 5.26 Å². The van der Waals surface area contributed by atoms with Crippen LogP contribution < -0.4 is 15.4 Å². The Balaban J connectivity index is 1.63. The first-order valence-corrected chi connectivity index (χ1v) is 11.2. The van der Waals surface area contributed by atoms with Crippen LogP contribution in [0.3, 0.4) is 0 Å². The van der Waals surface area contributed by atoms with Gasteiger partial charge in [-0.2, -0.15) is 5.26 Å². The number of nitrogens with zero attached hydrogens (tertiary/aromatic N) is 4. The predicted octanol–water partition coefficient (Wildman–Crippen LogP) is 5.70. The number of nitrogen functional groups attached to an aromatic ring is 1. The van der Waals surface area contributed by atoms with E-state index in [1.54, 1.807) is 6.20 Å². The summed E-state index contributed by atoms with van der Waals surface area (Å²) in [6.45, 7) is 2.42. The van der Waals surface area contributed by atoms with Crippen molar-refractivity contribution in [3.8, 4) is 22.9 Å². The summed E-state index contributed by atoms with van der Waals surface area (Å²) in [5, 5.41) is 9.67. The van der Waals surface area contributed by atoms with Crippen LogP contribution in [0.1, 0.15) is 18.1 Å². The van der Waals surface area contributed by atoms with Gasteiger partial charge in [-0.3, -0.25) is 4.98 Å². The summed E-state index contributed by atoms with van der Waals surface area (Å²) in [5.74, 6) is 1.40. The highest BCUT2D eigenvalue weighted by Crippen LogP contribution is 2.34. The van der Waals surface area contributed by atoms with E-state index in [1.807, 2.05) is 38.2 Å². The number of nitriles is 1. The Labute approximate surface area is 198 Å². The molecule has 0 bridgehead atoms. The quantitative estimate of drug-likeness (QED) is 0.358. The average Bonchev–Trinajstić information content (AvgIpc) is 2.86. The molecule has 33 heavy (non-hydrogen) atoms. The third-order valence-electron chi connectivity index (χ3n) is 5.51. The van der Waals surface area contributed by atoms with E-state index in [9.17, 15) is 5.26 Å². The highest BCUT2D eigenvalue weighted by atomic mass is 35.5. The molecule has 0 aliphatic carbocycles. The van der Waals surface area contributed by atoms with Crippen molar-refractivity contribution in [1.82, 2.24) is 9.97 Å². The standard InChI is InChI=1S/C26H24ClN5O/c1-3-17-12-22(13-20(15-28)26(17)33-11-10-27)32(2)21-7-4-18(5-8-21)19-6-9-23-24(14-19)30-16-25(29)31-23/h4-9,12-14,16H,3,10-11H2,1-2H3,(H2,29,31). The molecule has 0 radical (unpaired) electrons. The van der Waals surface area contributed by atoms with Gasteiger partial charge in [-0.15, -0.1) is 11.6 Å². The number of hydrogen-bond acceptors (Lipinski definition) is 6. The van der Waals surface area contributed by atoms with Crippen LogP contribution in [-0.2, 0) is 6.42 Å². The number of rotatable bonds is 7. The van der Waals surface area contributed by atoms with Gasteiger partial charge in [0.2, 0.25) is 0 Å². The topological polar surface area (TPSA) is 88.1 Å². The van der Waals surface area contributed by atoms with Gasteiger partial charge in [0.25, 0.3) is 0 Å². The van der Waals surface area contributed by atoms with E-state index in [0.29, 0.717) is 29.6 Å². The molecule has 6 nitrogen and oxygen atoms in total. The lowest BCUT2D eigenvalue weighted by Crippen LogP contribution is -2.11. The number of halogens is 1. The largest absolute Gasteiger partial charge is 0.491 e. The number of benzene rings is 3. The third-order valence-corrected chi connectivity index (χ3v) is 5.67. The Morgan fingerprint density at radius 2 is 1.79 bits per heavy atom. The zero-order chi connectivity index (χ0) is 23.4. The summed E-state index contributed by atoms with van der Waals surface area (Å²) in [5.41, 5.74) is 12.8. The molecule has 0 aliphatic heterocycles. The molecule has 1 aromatic heterocycles. The lowest BCUT2D eigenvalue weighted by atomic mass is 10.0. The summed E-state index contributed by atoms with van der Waals surface area (Å²) < 4.78 is 5.75. The van der Waals surface area contributed by atoms with Crippen molar-refractivity contribution in [2.45, 2.75) is 13.3 Å². The number of anilines is 3. The molecule has 0 saturated heterocycles. The summed E-state index contributed by atoms with van der Waals surface area (Å²) in [4.78, 5) is 10.7. The molecule has 7 heteroatoms. The number of aromatic nitrogens is 2. The SMILES string of the molecule is CCc1cc(N(C)c2ccc(-c3ccc4nc(N)cnc4c3)cc2)cc(C#N)c1OCCCl. The van der Waals surface area contributed by atoms with Gasteiger partial charge in [-0.1, -0.05) is 25.1 Å². The van der Waals surface area contributed by atoms with Crippen LogP contribution in [-0.4, -0.2) is 29.5 Å². The van der Waals surface area contributed by atoms with Crippen LogP contribution in [0.15, 0.2) is 60.8 Å². The maximum Gasteiger partial charge on any atom is 0.142 e. The van der Waals surface area contributed by atoms with Gasteiger partial charge in [0, 0.05) is 18.4 Å². The minimum absolute atomic E-state index is 0.369. The van der Waals surface area contributed by atoms with Gasteiger partial charge in [0.15, 0.2) is 0 Å². The normalized spacial score (nSPS) is 10.7. The van der Waals surface area contributed by atoms with E-state index in [4.69, 9.17) is 22.1 Å². The summed E-state index contributed by atoms with van der Waals surface area (Å²) in [7, 11) is 1.99. The van der Waals surface area contributed by atoms with Crippen molar-refractivity contribution in [2.75, 3.05) is 30.2 Å². The van der Waals surface area contributed by atoms with Gasteiger partial charge in [0.1, 0.15) is 24.2 Å². The maximum atomic E-state index is 9.67. The van der Waals surface area contributed by atoms with Crippen LogP contribution in [0.25, 0.3) is 22.2 Å². The first kappa shape index (κ1) is 22.4. The van der Waals surface area contributed by atoms with E-state index < -0.39 is 0 Å². The molecule has 0 amide bonds. The molecule has 4 rings (SSSR count). The molecule has 0 saturated carbocycles. The Morgan fingerprint density at radius 1 is 1.03 bits per heavy atom. The molecule has 0 aliphatic rings. The molecule has 1 heterocycles. The molecule has 0 atom stereocenters. The first-order valence-electron chi connectivity index (χ1n) is 10.7. The Kier molecular flexibility index (Phi) is 6.62. The number of ether oxygens (including phenoxy) is 1. The van der Waals surface area contributed by atoms with Gasteiger partial charge in [-0.25, -0.2) is 4.98 Å². The second-order valence-corrected chi connectivity index (χ2v) is 7.97. The van der Waals surface area contributed by atoms with Gasteiger partial charge in [-0.05, 0) is 59.5 Å². The fourth-order valence-electron chi connectivity index (χ4n) is 3.75. The molecule has 0 unspecified atom stereocenters. The third kappa shape index (κ3) is 4.69. The van der Waals surface area contributed by atoms with Gasteiger partial charge >= 0.3 is 0 Å². The van der Waals surface area contributed by atoms with Crippen LogP contribution >= 0.6 is 11.6 Å². The zero-order valence-corrected chi connectivity index (χ0v) is 19.3. The van der Waals surface area contributed by atoms with Crippen molar-refractivity contribution in [3.05, 3.63) is 71.9 Å². The van der Waals surface area contributed by atoms with Crippen LogP contribution in [0.4, 0.5) is 17.2 Å². The fourth-order valence-corrected chi connectivity index (χ4v) is 3.83. The van der Waals surface area contributed by atoms with Crippen LogP contribution in [0, 0.1) is 11.3 Å². The lowest BCUT2D eigenvalue weighted by Gasteiger charge is -2.22. The second kappa shape index (κ2) is 9.76. The summed E-state index contributed by atoms with van der Waals surface area (Å²) >= 11 is 5.77. The lowest BCUT2D eigenvalue weighted by molar-refractivity contribution is 0.338. The van der Waals surface area contributed by atoms with Crippen molar-refractivity contribution in [3.63, 3.8) is 0 Å². The number of nitrogens with two attached hydrogens (primary N) is 1. The van der Waals surface area contributed by atoms with E-state index in [1.165, 1.54) is 0 Å². The minimum atomic E-state index is 0.369. The zero-order valence-electron chi connectivity index (χ0n) is 18.5. The first-order chi connectivity index (χ1) is 16.0. The number of alkyl halides is 1. The van der Waals surface area contributed by atoms with Crippen molar-refractivity contribution in [2.24, 2.45) is 0 Å². The van der Waals surface area contributed by atoms with E-state index in [2.05, 4.69) is 51.3 Å². The van der Waals surface area contributed by atoms with Crippen LogP contribution in [0.2, 0.25) is 0 Å². The monoisotopic (exact) mass is 457 g/mol. The highest BCUT2D eigenvalue weighted by Gasteiger charge is 2.15.